The maximum absolute atomic E-state index is 12.1. The van der Waals surface area contributed by atoms with Crippen molar-refractivity contribution in [3.63, 3.8) is 0 Å². The second-order valence-electron chi connectivity index (χ2n) is 4.54. The smallest absolute Gasteiger partial charge is 0.275 e. The Balaban J connectivity index is 2.17. The SMILES string of the molecule is COc1ccc(Cl)cc1C(=O)N/N=C/c1cc([N+](=O)[O-])ccc1O. The van der Waals surface area contributed by atoms with Gasteiger partial charge in [0.1, 0.15) is 11.5 Å². The van der Waals surface area contributed by atoms with Gasteiger partial charge in [0, 0.05) is 22.7 Å². The molecular weight excluding hydrogens is 338 g/mol. The van der Waals surface area contributed by atoms with Gasteiger partial charge in [-0.2, -0.15) is 5.10 Å². The number of phenols is 1. The highest BCUT2D eigenvalue weighted by atomic mass is 35.5. The molecule has 2 rings (SSSR count). The predicted molar refractivity (Wildman–Crippen MR) is 87.8 cm³/mol. The largest absolute Gasteiger partial charge is 0.507 e. The first-order chi connectivity index (χ1) is 11.4. The van der Waals surface area contributed by atoms with Crippen molar-refractivity contribution >= 4 is 29.4 Å². The van der Waals surface area contributed by atoms with E-state index in [0.29, 0.717) is 10.8 Å². The summed E-state index contributed by atoms with van der Waals surface area (Å²) in [5.74, 6) is -0.486. The minimum atomic E-state index is -0.605. The average Bonchev–Trinajstić information content (AvgIpc) is 2.56. The first-order valence-electron chi connectivity index (χ1n) is 6.56. The molecule has 0 aliphatic rings. The number of aromatic hydroxyl groups is 1. The molecule has 24 heavy (non-hydrogen) atoms. The van der Waals surface area contributed by atoms with Crippen molar-refractivity contribution in [2.24, 2.45) is 5.10 Å². The summed E-state index contributed by atoms with van der Waals surface area (Å²) in [5.41, 5.74) is 2.28. The Morgan fingerprint density at radius 3 is 2.79 bits per heavy atom. The number of hydrazone groups is 1. The fourth-order valence-electron chi connectivity index (χ4n) is 1.84. The molecule has 0 aliphatic carbocycles. The molecule has 2 aromatic rings. The molecule has 0 radical (unpaired) electrons. The number of phenolic OH excluding ortho intramolecular Hbond substituents is 1. The lowest BCUT2D eigenvalue weighted by molar-refractivity contribution is -0.384. The summed E-state index contributed by atoms with van der Waals surface area (Å²) in [7, 11) is 1.41. The number of hydrogen-bond acceptors (Lipinski definition) is 6. The molecule has 2 N–H and O–H groups in total. The Bertz CT molecular complexity index is 823. The zero-order valence-electron chi connectivity index (χ0n) is 12.4. The molecule has 0 heterocycles. The van der Waals surface area contributed by atoms with Gasteiger partial charge >= 0.3 is 0 Å². The molecule has 1 amide bonds. The molecule has 0 atom stereocenters. The zero-order chi connectivity index (χ0) is 17.7. The minimum Gasteiger partial charge on any atom is -0.507 e. The number of non-ortho nitro benzene ring substituents is 1. The maximum Gasteiger partial charge on any atom is 0.275 e. The van der Waals surface area contributed by atoms with Crippen LogP contribution in [-0.2, 0) is 0 Å². The Kier molecular flexibility index (Phi) is 5.33. The van der Waals surface area contributed by atoms with Crippen LogP contribution in [0.1, 0.15) is 15.9 Å². The third kappa shape index (κ3) is 3.99. The topological polar surface area (TPSA) is 114 Å². The highest BCUT2D eigenvalue weighted by Crippen LogP contribution is 2.23. The second-order valence-corrected chi connectivity index (χ2v) is 4.98. The highest BCUT2D eigenvalue weighted by Gasteiger charge is 2.13. The van der Waals surface area contributed by atoms with Crippen LogP contribution < -0.4 is 10.2 Å². The van der Waals surface area contributed by atoms with E-state index in [1.807, 2.05) is 0 Å². The Hall–Kier alpha value is -3.13. The molecule has 2 aromatic carbocycles. The Morgan fingerprint density at radius 2 is 2.12 bits per heavy atom. The van der Waals surface area contributed by atoms with E-state index < -0.39 is 10.8 Å². The van der Waals surface area contributed by atoms with Crippen LogP contribution in [0.4, 0.5) is 5.69 Å². The lowest BCUT2D eigenvalue weighted by Crippen LogP contribution is -2.18. The summed E-state index contributed by atoms with van der Waals surface area (Å²) >= 11 is 5.84. The van der Waals surface area contributed by atoms with E-state index in [1.165, 1.54) is 25.3 Å². The molecule has 0 spiro atoms. The summed E-state index contributed by atoms with van der Waals surface area (Å²) in [5, 5.41) is 24.4. The van der Waals surface area contributed by atoms with Crippen LogP contribution in [0.5, 0.6) is 11.5 Å². The van der Waals surface area contributed by atoms with Crippen molar-refractivity contribution in [1.29, 1.82) is 0 Å². The molecule has 124 valence electrons. The van der Waals surface area contributed by atoms with Crippen LogP contribution in [-0.4, -0.2) is 29.3 Å². The fourth-order valence-corrected chi connectivity index (χ4v) is 2.01. The number of rotatable bonds is 5. The van der Waals surface area contributed by atoms with Gasteiger partial charge in [-0.15, -0.1) is 0 Å². The van der Waals surface area contributed by atoms with E-state index >= 15 is 0 Å². The molecule has 0 aromatic heterocycles. The number of nitrogens with zero attached hydrogens (tertiary/aromatic N) is 2. The number of carbonyl (C=O) groups excluding carboxylic acids is 1. The highest BCUT2D eigenvalue weighted by molar-refractivity contribution is 6.31. The standard InChI is InChI=1S/C15H12ClN3O5/c1-24-14-5-2-10(16)7-12(14)15(21)18-17-8-9-6-11(19(22)23)3-4-13(9)20/h2-8,20H,1H3,(H,18,21)/b17-8+. The number of methoxy groups -OCH3 is 1. The van der Waals surface area contributed by atoms with Crippen LogP contribution in [0.15, 0.2) is 41.5 Å². The number of benzene rings is 2. The number of hydrogen-bond donors (Lipinski definition) is 2. The summed E-state index contributed by atoms with van der Waals surface area (Å²) in [6, 6.07) is 7.97. The molecule has 9 heteroatoms. The van der Waals surface area contributed by atoms with Gasteiger partial charge in [-0.1, -0.05) is 11.6 Å². The van der Waals surface area contributed by atoms with Crippen molar-refractivity contribution in [3.8, 4) is 11.5 Å². The summed E-state index contributed by atoms with van der Waals surface area (Å²) in [6.45, 7) is 0. The Morgan fingerprint density at radius 1 is 1.38 bits per heavy atom. The van der Waals surface area contributed by atoms with Gasteiger partial charge in [-0.25, -0.2) is 5.43 Å². The van der Waals surface area contributed by atoms with E-state index in [2.05, 4.69) is 10.5 Å². The molecule has 0 fully saturated rings. The third-order valence-electron chi connectivity index (χ3n) is 3.00. The lowest BCUT2D eigenvalue weighted by atomic mass is 10.2. The Labute approximate surface area is 141 Å². The van der Waals surface area contributed by atoms with Gasteiger partial charge in [0.25, 0.3) is 11.6 Å². The van der Waals surface area contributed by atoms with Crippen molar-refractivity contribution < 1.29 is 19.6 Å². The molecular formula is C15H12ClN3O5. The third-order valence-corrected chi connectivity index (χ3v) is 3.23. The van der Waals surface area contributed by atoms with Crippen molar-refractivity contribution in [2.45, 2.75) is 0 Å². The summed E-state index contributed by atoms with van der Waals surface area (Å²) < 4.78 is 5.06. The zero-order valence-corrected chi connectivity index (χ0v) is 13.1. The van der Waals surface area contributed by atoms with Crippen molar-refractivity contribution in [1.82, 2.24) is 5.43 Å². The van der Waals surface area contributed by atoms with Crippen LogP contribution in [0.2, 0.25) is 5.02 Å². The molecule has 0 saturated heterocycles. The van der Waals surface area contributed by atoms with E-state index in [4.69, 9.17) is 16.3 Å². The number of nitro benzene ring substituents is 1. The average molecular weight is 350 g/mol. The van der Waals surface area contributed by atoms with E-state index in [1.54, 1.807) is 6.07 Å². The van der Waals surface area contributed by atoms with E-state index in [-0.39, 0.29) is 22.6 Å². The number of halogens is 1. The number of amides is 1. The second kappa shape index (κ2) is 7.42. The molecule has 0 bridgehead atoms. The number of nitro groups is 1. The fraction of sp³-hybridized carbons (Fsp3) is 0.0667. The van der Waals surface area contributed by atoms with Gasteiger partial charge in [0.15, 0.2) is 0 Å². The maximum atomic E-state index is 12.1. The molecule has 0 saturated carbocycles. The van der Waals surface area contributed by atoms with Gasteiger partial charge in [-0.05, 0) is 24.3 Å². The van der Waals surface area contributed by atoms with Crippen LogP contribution >= 0.6 is 11.6 Å². The van der Waals surface area contributed by atoms with Crippen LogP contribution in [0.3, 0.4) is 0 Å². The lowest BCUT2D eigenvalue weighted by Gasteiger charge is -2.07. The van der Waals surface area contributed by atoms with Crippen LogP contribution in [0, 0.1) is 10.1 Å². The van der Waals surface area contributed by atoms with Crippen LogP contribution in [0.25, 0.3) is 0 Å². The van der Waals surface area contributed by atoms with Crippen molar-refractivity contribution in [3.05, 3.63) is 62.7 Å². The monoisotopic (exact) mass is 349 g/mol. The number of ether oxygens (including phenoxy) is 1. The quantitative estimate of drug-likeness (QED) is 0.489. The molecule has 0 unspecified atom stereocenters. The molecule has 0 aliphatic heterocycles. The number of carbonyl (C=O) groups is 1. The van der Waals surface area contributed by atoms with Crippen molar-refractivity contribution in [2.75, 3.05) is 7.11 Å². The van der Waals surface area contributed by atoms with Gasteiger partial charge in [-0.3, -0.25) is 14.9 Å². The van der Waals surface area contributed by atoms with Gasteiger partial charge in [0.05, 0.1) is 23.8 Å². The first-order valence-corrected chi connectivity index (χ1v) is 6.94. The summed E-state index contributed by atoms with van der Waals surface area (Å²) in [4.78, 5) is 22.2. The minimum absolute atomic E-state index is 0.0857. The predicted octanol–water partition coefficient (Wildman–Crippen LogP) is 2.73. The molecule has 8 nitrogen and oxygen atoms in total. The number of nitrogens with one attached hydrogen (secondary N) is 1. The summed E-state index contributed by atoms with van der Waals surface area (Å²) in [6.07, 6.45) is 1.09. The van der Waals surface area contributed by atoms with Gasteiger partial charge in [0.2, 0.25) is 0 Å². The van der Waals surface area contributed by atoms with Gasteiger partial charge < -0.3 is 9.84 Å². The first kappa shape index (κ1) is 17.2. The van der Waals surface area contributed by atoms with E-state index in [9.17, 15) is 20.0 Å². The normalized spacial score (nSPS) is 10.6. The van der Waals surface area contributed by atoms with E-state index in [0.717, 1.165) is 18.3 Å².